The second kappa shape index (κ2) is 2.31. The Balaban J connectivity index is 2.76. The predicted octanol–water partition coefficient (Wildman–Crippen LogP) is -0.00920. The highest BCUT2D eigenvalue weighted by atomic mass is 15.4. The lowest BCUT2D eigenvalue weighted by atomic mass is 10.3. The lowest BCUT2D eigenvalue weighted by molar-refractivity contribution is 0.714. The molecule has 1 aromatic heterocycles. The number of aromatic nitrogens is 3. The molecule has 0 saturated carbocycles. The summed E-state index contributed by atoms with van der Waals surface area (Å²) in [5.41, 5.74) is 0.847. The van der Waals surface area contributed by atoms with Crippen LogP contribution >= 0.6 is 0 Å². The Morgan fingerprint density at radius 3 is 3.11 bits per heavy atom. The molecule has 0 radical (unpaired) electrons. The molecule has 0 aliphatic heterocycles. The lowest BCUT2D eigenvalue weighted by Gasteiger charge is -1.78. The van der Waals surface area contributed by atoms with Crippen LogP contribution in [0.25, 0.3) is 0 Å². The minimum atomic E-state index is 0.563. The van der Waals surface area contributed by atoms with Crippen molar-refractivity contribution in [3.63, 3.8) is 0 Å². The molecular formula is C6H7N3. The van der Waals surface area contributed by atoms with Crippen molar-refractivity contribution < 1.29 is 0 Å². The highest BCUT2D eigenvalue weighted by Gasteiger charge is 1.92. The monoisotopic (exact) mass is 121 g/mol. The number of hydrogen-bond donors (Lipinski definition) is 0. The van der Waals surface area contributed by atoms with Crippen LogP contribution < -0.4 is 0 Å². The molecule has 0 aromatic carbocycles. The first-order valence-electron chi connectivity index (χ1n) is 2.61. The van der Waals surface area contributed by atoms with Gasteiger partial charge in [-0.2, -0.15) is 0 Å². The van der Waals surface area contributed by atoms with Gasteiger partial charge in [0.2, 0.25) is 0 Å². The Kier molecular flexibility index (Phi) is 1.50. The average molecular weight is 121 g/mol. The molecule has 0 fully saturated rings. The molecule has 1 heterocycles. The van der Waals surface area contributed by atoms with Crippen molar-refractivity contribution in [2.45, 2.75) is 6.42 Å². The minimum absolute atomic E-state index is 0.563. The molecule has 0 amide bonds. The molecule has 3 heteroatoms. The zero-order chi connectivity index (χ0) is 6.69. The predicted molar refractivity (Wildman–Crippen MR) is 33.5 cm³/mol. The van der Waals surface area contributed by atoms with Crippen molar-refractivity contribution in [2.75, 3.05) is 0 Å². The molecule has 0 saturated heterocycles. The number of hydrogen-bond acceptors (Lipinski definition) is 2. The van der Waals surface area contributed by atoms with E-state index in [0.717, 1.165) is 5.69 Å². The highest BCUT2D eigenvalue weighted by Crippen LogP contribution is 1.89. The summed E-state index contributed by atoms with van der Waals surface area (Å²) in [7, 11) is 1.81. The average Bonchev–Trinajstić information content (AvgIpc) is 2.17. The Morgan fingerprint density at radius 1 is 1.89 bits per heavy atom. The number of terminal acetylenes is 1. The summed E-state index contributed by atoms with van der Waals surface area (Å²) in [4.78, 5) is 0. The van der Waals surface area contributed by atoms with E-state index in [4.69, 9.17) is 6.42 Å². The largest absolute Gasteiger partial charge is 0.255 e. The van der Waals surface area contributed by atoms with Crippen LogP contribution in [0.15, 0.2) is 6.20 Å². The second-order valence-corrected chi connectivity index (χ2v) is 1.76. The zero-order valence-electron chi connectivity index (χ0n) is 5.20. The summed E-state index contributed by atoms with van der Waals surface area (Å²) < 4.78 is 1.63. The number of rotatable bonds is 1. The van der Waals surface area contributed by atoms with Gasteiger partial charge >= 0.3 is 0 Å². The fraction of sp³-hybridized carbons (Fsp3) is 0.333. The number of nitrogens with zero attached hydrogens (tertiary/aromatic N) is 3. The van der Waals surface area contributed by atoms with Gasteiger partial charge in [0, 0.05) is 13.2 Å². The van der Waals surface area contributed by atoms with E-state index in [2.05, 4.69) is 16.2 Å². The van der Waals surface area contributed by atoms with Crippen LogP contribution in [0.5, 0.6) is 0 Å². The van der Waals surface area contributed by atoms with Gasteiger partial charge in [-0.15, -0.1) is 17.4 Å². The van der Waals surface area contributed by atoms with Crippen molar-refractivity contribution in [1.29, 1.82) is 0 Å². The van der Waals surface area contributed by atoms with E-state index in [1.54, 1.807) is 10.9 Å². The molecule has 1 aromatic rings. The van der Waals surface area contributed by atoms with E-state index in [0.29, 0.717) is 6.42 Å². The van der Waals surface area contributed by atoms with E-state index >= 15 is 0 Å². The van der Waals surface area contributed by atoms with Gasteiger partial charge in [0.25, 0.3) is 0 Å². The summed E-state index contributed by atoms with van der Waals surface area (Å²) in [5, 5.41) is 7.48. The summed E-state index contributed by atoms with van der Waals surface area (Å²) >= 11 is 0. The van der Waals surface area contributed by atoms with Gasteiger partial charge in [0.15, 0.2) is 0 Å². The Hall–Kier alpha value is -1.30. The van der Waals surface area contributed by atoms with Crippen LogP contribution in [-0.2, 0) is 13.5 Å². The third-order valence-corrected chi connectivity index (χ3v) is 0.933. The maximum Gasteiger partial charge on any atom is 0.0945 e. The first-order valence-corrected chi connectivity index (χ1v) is 2.61. The Labute approximate surface area is 53.7 Å². The molecule has 0 atom stereocenters. The molecule has 0 aliphatic carbocycles. The first-order chi connectivity index (χ1) is 4.33. The molecule has 0 unspecified atom stereocenters. The van der Waals surface area contributed by atoms with Crippen LogP contribution in [0.2, 0.25) is 0 Å². The van der Waals surface area contributed by atoms with E-state index in [9.17, 15) is 0 Å². The van der Waals surface area contributed by atoms with Crippen LogP contribution in [0.3, 0.4) is 0 Å². The summed E-state index contributed by atoms with van der Waals surface area (Å²) in [5.74, 6) is 2.48. The SMILES string of the molecule is C#CCc1cn(C)nn1. The third-order valence-electron chi connectivity index (χ3n) is 0.933. The van der Waals surface area contributed by atoms with E-state index in [1.807, 2.05) is 7.05 Å². The van der Waals surface area contributed by atoms with Crippen LogP contribution in [0, 0.1) is 12.3 Å². The normalized spacial score (nSPS) is 8.89. The van der Waals surface area contributed by atoms with Gasteiger partial charge < -0.3 is 0 Å². The summed E-state index contributed by atoms with van der Waals surface area (Å²) in [6.07, 6.45) is 7.41. The molecule has 9 heavy (non-hydrogen) atoms. The third kappa shape index (κ3) is 1.29. The molecule has 0 N–H and O–H groups in total. The Morgan fingerprint density at radius 2 is 2.67 bits per heavy atom. The van der Waals surface area contributed by atoms with Crippen molar-refractivity contribution in [2.24, 2.45) is 7.05 Å². The molecular weight excluding hydrogens is 114 g/mol. The van der Waals surface area contributed by atoms with E-state index in [-0.39, 0.29) is 0 Å². The molecule has 0 bridgehead atoms. The fourth-order valence-electron chi connectivity index (χ4n) is 0.581. The van der Waals surface area contributed by atoms with E-state index in [1.165, 1.54) is 0 Å². The van der Waals surface area contributed by atoms with Crippen molar-refractivity contribution in [3.05, 3.63) is 11.9 Å². The van der Waals surface area contributed by atoms with Crippen molar-refractivity contribution in [1.82, 2.24) is 15.0 Å². The fourth-order valence-corrected chi connectivity index (χ4v) is 0.581. The minimum Gasteiger partial charge on any atom is -0.255 e. The zero-order valence-corrected chi connectivity index (χ0v) is 5.20. The van der Waals surface area contributed by atoms with Crippen molar-refractivity contribution >= 4 is 0 Å². The number of aryl methyl sites for hydroxylation is 1. The molecule has 0 spiro atoms. The first kappa shape index (κ1) is 5.83. The van der Waals surface area contributed by atoms with Gasteiger partial charge in [0.05, 0.1) is 12.1 Å². The maximum atomic E-state index is 5.04. The molecule has 3 nitrogen and oxygen atoms in total. The highest BCUT2D eigenvalue weighted by molar-refractivity contribution is 5.03. The van der Waals surface area contributed by atoms with Crippen molar-refractivity contribution in [3.8, 4) is 12.3 Å². The van der Waals surface area contributed by atoms with Gasteiger partial charge in [-0.1, -0.05) is 5.21 Å². The van der Waals surface area contributed by atoms with Gasteiger partial charge in [-0.25, -0.2) is 0 Å². The summed E-state index contributed by atoms with van der Waals surface area (Å²) in [6, 6.07) is 0. The molecule has 1 rings (SSSR count). The van der Waals surface area contributed by atoms with Crippen LogP contribution in [-0.4, -0.2) is 15.0 Å². The smallest absolute Gasteiger partial charge is 0.0945 e. The van der Waals surface area contributed by atoms with E-state index < -0.39 is 0 Å². The quantitative estimate of drug-likeness (QED) is 0.489. The molecule has 46 valence electrons. The Bertz CT molecular complexity index is 231. The van der Waals surface area contributed by atoms with Crippen LogP contribution in [0.1, 0.15) is 5.69 Å². The van der Waals surface area contributed by atoms with Crippen LogP contribution in [0.4, 0.5) is 0 Å². The molecule has 0 aliphatic rings. The standard InChI is InChI=1S/C6H7N3/c1-3-4-6-5-9(2)8-7-6/h1,5H,4H2,2H3. The van der Waals surface area contributed by atoms with Gasteiger partial charge in [0.1, 0.15) is 0 Å². The topological polar surface area (TPSA) is 30.7 Å². The second-order valence-electron chi connectivity index (χ2n) is 1.76. The maximum absolute atomic E-state index is 5.04. The van der Waals surface area contributed by atoms with Gasteiger partial charge in [-0.3, -0.25) is 4.68 Å². The summed E-state index contributed by atoms with van der Waals surface area (Å²) in [6.45, 7) is 0. The lowest BCUT2D eigenvalue weighted by Crippen LogP contribution is -1.85. The van der Waals surface area contributed by atoms with Gasteiger partial charge in [-0.05, 0) is 0 Å².